The van der Waals surface area contributed by atoms with Crippen LogP contribution in [0.4, 0.5) is 11.8 Å². The van der Waals surface area contributed by atoms with Gasteiger partial charge in [0.25, 0.3) is 11.8 Å². The molecule has 0 spiro atoms. The zero-order chi connectivity index (χ0) is 23.8. The number of aryl methyl sites for hydroxylation is 1. The number of piperazine rings is 2. The number of anilines is 2. The van der Waals surface area contributed by atoms with Crippen molar-refractivity contribution in [1.82, 2.24) is 24.7 Å². The number of carbonyl (C=O) groups is 3. The van der Waals surface area contributed by atoms with E-state index >= 15 is 0 Å². The Balaban J connectivity index is 1.20. The summed E-state index contributed by atoms with van der Waals surface area (Å²) in [6.45, 7) is 7.80. The molecular weight excluding hydrogens is 434 g/mol. The molecule has 0 radical (unpaired) electrons. The van der Waals surface area contributed by atoms with Gasteiger partial charge in [-0.25, -0.2) is 4.98 Å². The highest BCUT2D eigenvalue weighted by Gasteiger charge is 2.37. The highest BCUT2D eigenvalue weighted by atomic mass is 16.2. The van der Waals surface area contributed by atoms with Crippen molar-refractivity contribution in [2.24, 2.45) is 0 Å². The Hall–Kier alpha value is -3.53. The Bertz CT molecular complexity index is 1090. The number of hydrogen-bond acceptors (Lipinski definition) is 8. The van der Waals surface area contributed by atoms with E-state index in [1.807, 2.05) is 13.0 Å². The molecule has 1 aromatic heterocycles. The normalized spacial score (nSPS) is 19.1. The molecule has 3 aliphatic rings. The van der Waals surface area contributed by atoms with Gasteiger partial charge >= 0.3 is 0 Å². The van der Waals surface area contributed by atoms with E-state index in [1.54, 1.807) is 29.2 Å². The third-order valence-corrected chi connectivity index (χ3v) is 6.74. The SMILES string of the molecule is Cc1cc(N2CCN(C)CC2)nc(N2CCN(C(=O)CN3C(=O)c4ccccc4C3=O)CC2)n1. The van der Waals surface area contributed by atoms with Gasteiger partial charge in [-0.3, -0.25) is 19.3 Å². The van der Waals surface area contributed by atoms with Crippen LogP contribution in [0.3, 0.4) is 0 Å². The second-order valence-electron chi connectivity index (χ2n) is 9.07. The monoisotopic (exact) mass is 463 g/mol. The van der Waals surface area contributed by atoms with E-state index in [9.17, 15) is 14.4 Å². The molecule has 0 N–H and O–H groups in total. The Kier molecular flexibility index (Phi) is 5.91. The number of nitrogens with zero attached hydrogens (tertiary/aromatic N) is 7. The number of benzene rings is 1. The predicted octanol–water partition coefficient (Wildman–Crippen LogP) is 0.482. The van der Waals surface area contributed by atoms with Crippen LogP contribution in [0.2, 0.25) is 0 Å². The predicted molar refractivity (Wildman–Crippen MR) is 127 cm³/mol. The summed E-state index contributed by atoms with van der Waals surface area (Å²) in [5.74, 6) is 0.591. The Morgan fingerprint density at radius 3 is 2.06 bits per heavy atom. The van der Waals surface area contributed by atoms with Gasteiger partial charge in [0.05, 0.1) is 11.1 Å². The van der Waals surface area contributed by atoms with Crippen molar-refractivity contribution < 1.29 is 14.4 Å². The summed E-state index contributed by atoms with van der Waals surface area (Å²) >= 11 is 0. The zero-order valence-corrected chi connectivity index (χ0v) is 19.6. The number of rotatable bonds is 4. The maximum Gasteiger partial charge on any atom is 0.262 e. The Morgan fingerprint density at radius 2 is 1.44 bits per heavy atom. The van der Waals surface area contributed by atoms with Crippen LogP contribution in [0.15, 0.2) is 30.3 Å². The fourth-order valence-corrected chi connectivity index (χ4v) is 4.65. The first-order chi connectivity index (χ1) is 16.4. The summed E-state index contributed by atoms with van der Waals surface area (Å²) in [4.78, 5) is 57.0. The topological polar surface area (TPSA) is 93.2 Å². The number of amides is 3. The summed E-state index contributed by atoms with van der Waals surface area (Å²) in [7, 11) is 2.13. The molecule has 0 bridgehead atoms. The van der Waals surface area contributed by atoms with E-state index in [2.05, 4.69) is 26.7 Å². The Labute approximate surface area is 198 Å². The summed E-state index contributed by atoms with van der Waals surface area (Å²) in [6, 6.07) is 8.71. The average molecular weight is 464 g/mol. The summed E-state index contributed by atoms with van der Waals surface area (Å²) < 4.78 is 0. The van der Waals surface area contributed by atoms with Crippen molar-refractivity contribution in [2.45, 2.75) is 6.92 Å². The van der Waals surface area contributed by atoms with Crippen molar-refractivity contribution in [3.8, 4) is 0 Å². The van der Waals surface area contributed by atoms with Crippen LogP contribution in [-0.4, -0.2) is 108 Å². The fraction of sp³-hybridized carbons (Fsp3) is 0.458. The second kappa shape index (κ2) is 9.02. The third-order valence-electron chi connectivity index (χ3n) is 6.74. The van der Waals surface area contributed by atoms with Gasteiger partial charge in [-0.15, -0.1) is 0 Å². The molecule has 2 fully saturated rings. The smallest absolute Gasteiger partial charge is 0.262 e. The van der Waals surface area contributed by atoms with Crippen molar-refractivity contribution in [3.05, 3.63) is 47.2 Å². The van der Waals surface area contributed by atoms with E-state index in [0.717, 1.165) is 42.6 Å². The molecule has 1 aromatic carbocycles. The van der Waals surface area contributed by atoms with Crippen molar-refractivity contribution in [2.75, 3.05) is 75.8 Å². The van der Waals surface area contributed by atoms with Gasteiger partial charge in [0, 0.05) is 64.1 Å². The van der Waals surface area contributed by atoms with Crippen LogP contribution in [-0.2, 0) is 4.79 Å². The highest BCUT2D eigenvalue weighted by molar-refractivity contribution is 6.22. The lowest BCUT2D eigenvalue weighted by Crippen LogP contribution is -2.52. The van der Waals surface area contributed by atoms with Gasteiger partial charge < -0.3 is 19.6 Å². The fourth-order valence-electron chi connectivity index (χ4n) is 4.65. The van der Waals surface area contributed by atoms with Gasteiger partial charge in [0.1, 0.15) is 12.4 Å². The molecule has 10 nitrogen and oxygen atoms in total. The van der Waals surface area contributed by atoms with E-state index in [-0.39, 0.29) is 12.5 Å². The standard InChI is InChI=1S/C24H29N7O3/c1-17-15-20(28-9-7-27(2)8-10-28)26-24(25-17)30-13-11-29(12-14-30)21(32)16-31-22(33)18-5-3-4-6-19(18)23(31)34/h3-6,15H,7-14,16H2,1-2H3. The molecule has 34 heavy (non-hydrogen) atoms. The van der Waals surface area contributed by atoms with Crippen molar-refractivity contribution in [3.63, 3.8) is 0 Å². The van der Waals surface area contributed by atoms with Gasteiger partial charge in [0.2, 0.25) is 11.9 Å². The van der Waals surface area contributed by atoms with Crippen molar-refractivity contribution >= 4 is 29.5 Å². The summed E-state index contributed by atoms with van der Waals surface area (Å²) in [5.41, 5.74) is 1.64. The number of hydrogen-bond donors (Lipinski definition) is 0. The van der Waals surface area contributed by atoms with Crippen LogP contribution in [0, 0.1) is 6.92 Å². The van der Waals surface area contributed by atoms with E-state index in [4.69, 9.17) is 4.98 Å². The molecular formula is C24H29N7O3. The maximum atomic E-state index is 12.9. The third kappa shape index (κ3) is 4.21. The minimum Gasteiger partial charge on any atom is -0.354 e. The summed E-state index contributed by atoms with van der Waals surface area (Å²) in [6.07, 6.45) is 0. The molecule has 2 saturated heterocycles. The number of likely N-dealkylation sites (N-methyl/N-ethyl adjacent to an activating group) is 1. The minimum absolute atomic E-state index is 0.225. The van der Waals surface area contributed by atoms with E-state index in [0.29, 0.717) is 43.3 Å². The highest BCUT2D eigenvalue weighted by Crippen LogP contribution is 2.23. The number of aromatic nitrogens is 2. The molecule has 0 unspecified atom stereocenters. The zero-order valence-electron chi connectivity index (χ0n) is 19.6. The van der Waals surface area contributed by atoms with E-state index < -0.39 is 11.8 Å². The Morgan fingerprint density at radius 1 is 0.853 bits per heavy atom. The lowest BCUT2D eigenvalue weighted by Gasteiger charge is -2.36. The average Bonchev–Trinajstić information content (AvgIpc) is 3.09. The first kappa shape index (κ1) is 22.3. The van der Waals surface area contributed by atoms with E-state index in [1.165, 1.54) is 0 Å². The first-order valence-electron chi connectivity index (χ1n) is 11.7. The van der Waals surface area contributed by atoms with Crippen LogP contribution < -0.4 is 9.80 Å². The number of imide groups is 1. The van der Waals surface area contributed by atoms with Crippen LogP contribution in [0.5, 0.6) is 0 Å². The van der Waals surface area contributed by atoms with Crippen LogP contribution in [0.1, 0.15) is 26.4 Å². The molecule has 5 rings (SSSR count). The first-order valence-corrected chi connectivity index (χ1v) is 11.7. The lowest BCUT2D eigenvalue weighted by molar-refractivity contribution is -0.131. The largest absolute Gasteiger partial charge is 0.354 e. The minimum atomic E-state index is -0.405. The van der Waals surface area contributed by atoms with Crippen LogP contribution >= 0.6 is 0 Å². The summed E-state index contributed by atoms with van der Waals surface area (Å²) in [5, 5.41) is 0. The molecule has 0 saturated carbocycles. The second-order valence-corrected chi connectivity index (χ2v) is 9.07. The van der Waals surface area contributed by atoms with Crippen LogP contribution in [0.25, 0.3) is 0 Å². The lowest BCUT2D eigenvalue weighted by atomic mass is 10.1. The number of carbonyl (C=O) groups excluding carboxylic acids is 3. The molecule has 3 aliphatic heterocycles. The molecule has 0 atom stereocenters. The molecule has 0 aliphatic carbocycles. The molecule has 4 heterocycles. The molecule has 10 heteroatoms. The quantitative estimate of drug-likeness (QED) is 0.605. The molecule has 178 valence electrons. The molecule has 3 amide bonds. The van der Waals surface area contributed by atoms with Gasteiger partial charge in [-0.2, -0.15) is 4.98 Å². The maximum absolute atomic E-state index is 12.9. The number of fused-ring (bicyclic) bond motifs is 1. The van der Waals surface area contributed by atoms with Gasteiger partial charge in [-0.1, -0.05) is 12.1 Å². The van der Waals surface area contributed by atoms with Crippen molar-refractivity contribution in [1.29, 1.82) is 0 Å². The van der Waals surface area contributed by atoms with Gasteiger partial charge in [-0.05, 0) is 26.1 Å². The molecule has 2 aromatic rings. The van der Waals surface area contributed by atoms with Gasteiger partial charge in [0.15, 0.2) is 0 Å².